The van der Waals surface area contributed by atoms with Crippen molar-refractivity contribution in [3.8, 4) is 5.75 Å². The molecule has 2 atom stereocenters. The molecule has 3 amide bonds. The number of alkyl halides is 2. The number of hydrogen-bond donors (Lipinski definition) is 1. The average molecular weight is 402 g/mol. The van der Waals surface area contributed by atoms with Gasteiger partial charge < -0.3 is 10.1 Å². The van der Waals surface area contributed by atoms with Gasteiger partial charge in [0.15, 0.2) is 0 Å². The molecule has 2 aromatic carbocycles. The van der Waals surface area contributed by atoms with Crippen LogP contribution in [0.4, 0.5) is 14.5 Å². The van der Waals surface area contributed by atoms with E-state index in [9.17, 15) is 23.2 Å². The first-order valence-electron chi connectivity index (χ1n) is 9.16. The highest BCUT2D eigenvalue weighted by atomic mass is 19.3. The molecule has 6 nitrogen and oxygen atoms in total. The molecule has 0 saturated carbocycles. The number of halogens is 2. The molecule has 8 heteroatoms. The minimum atomic E-state index is -2.95. The molecule has 1 heterocycles. The Hall–Kier alpha value is -3.29. The first kappa shape index (κ1) is 20.4. The predicted molar refractivity (Wildman–Crippen MR) is 102 cm³/mol. The summed E-state index contributed by atoms with van der Waals surface area (Å²) < 4.78 is 28.8. The number of imide groups is 1. The van der Waals surface area contributed by atoms with Crippen molar-refractivity contribution < 1.29 is 27.9 Å². The zero-order valence-electron chi connectivity index (χ0n) is 15.9. The summed E-state index contributed by atoms with van der Waals surface area (Å²) >= 11 is 0. The highest BCUT2D eigenvalue weighted by molar-refractivity contribution is 6.23. The van der Waals surface area contributed by atoms with Gasteiger partial charge in [0.1, 0.15) is 11.8 Å². The van der Waals surface area contributed by atoms with E-state index in [1.54, 1.807) is 31.2 Å². The van der Waals surface area contributed by atoms with Crippen LogP contribution in [0.25, 0.3) is 0 Å². The predicted octanol–water partition coefficient (Wildman–Crippen LogP) is 3.94. The zero-order chi connectivity index (χ0) is 21.1. The van der Waals surface area contributed by atoms with Crippen LogP contribution >= 0.6 is 0 Å². The van der Waals surface area contributed by atoms with Crippen LogP contribution in [0.3, 0.4) is 0 Å². The summed E-state index contributed by atoms with van der Waals surface area (Å²) in [5, 5.41) is 2.65. The Labute approximate surface area is 166 Å². The fourth-order valence-corrected chi connectivity index (χ4v) is 3.25. The average Bonchev–Trinajstić information content (AvgIpc) is 2.94. The number of nitrogens with one attached hydrogen (secondary N) is 1. The lowest BCUT2D eigenvalue weighted by Gasteiger charge is -2.29. The van der Waals surface area contributed by atoms with Crippen molar-refractivity contribution in [2.24, 2.45) is 5.92 Å². The normalized spacial score (nSPS) is 15.3. The van der Waals surface area contributed by atoms with Crippen molar-refractivity contribution in [2.45, 2.75) is 32.9 Å². The van der Waals surface area contributed by atoms with E-state index in [4.69, 9.17) is 0 Å². The third kappa shape index (κ3) is 4.11. The number of rotatable bonds is 7. The number of anilines is 1. The van der Waals surface area contributed by atoms with E-state index in [0.717, 1.165) is 4.90 Å². The number of benzene rings is 2. The van der Waals surface area contributed by atoms with Gasteiger partial charge in [-0.2, -0.15) is 8.78 Å². The molecule has 0 saturated heterocycles. The monoisotopic (exact) mass is 402 g/mol. The van der Waals surface area contributed by atoms with E-state index in [-0.39, 0.29) is 22.8 Å². The van der Waals surface area contributed by atoms with Crippen LogP contribution in [0.15, 0.2) is 48.5 Å². The van der Waals surface area contributed by atoms with Crippen molar-refractivity contribution >= 4 is 23.4 Å². The Kier molecular flexibility index (Phi) is 5.91. The number of carbonyl (C=O) groups excluding carboxylic acids is 3. The second-order valence-corrected chi connectivity index (χ2v) is 6.75. The summed E-state index contributed by atoms with van der Waals surface area (Å²) in [6.45, 7) is 0.700. The van der Waals surface area contributed by atoms with Crippen LogP contribution in [0, 0.1) is 5.92 Å². The maximum absolute atomic E-state index is 13.0. The minimum Gasteiger partial charge on any atom is -0.435 e. The second kappa shape index (κ2) is 8.38. The Morgan fingerprint density at radius 1 is 1.03 bits per heavy atom. The lowest BCUT2D eigenvalue weighted by atomic mass is 9.96. The molecule has 2 aromatic rings. The van der Waals surface area contributed by atoms with E-state index >= 15 is 0 Å². The highest BCUT2D eigenvalue weighted by Crippen LogP contribution is 2.29. The first-order chi connectivity index (χ1) is 13.8. The van der Waals surface area contributed by atoms with Gasteiger partial charge in [0, 0.05) is 5.69 Å². The Morgan fingerprint density at radius 3 is 2.07 bits per heavy atom. The Balaban J connectivity index is 1.83. The highest BCUT2D eigenvalue weighted by Gasteiger charge is 2.44. The number of amides is 3. The quantitative estimate of drug-likeness (QED) is 0.712. The molecule has 0 aliphatic carbocycles. The van der Waals surface area contributed by atoms with Gasteiger partial charge in [-0.1, -0.05) is 32.4 Å². The van der Waals surface area contributed by atoms with Crippen molar-refractivity contribution in [2.75, 3.05) is 5.32 Å². The van der Waals surface area contributed by atoms with Crippen molar-refractivity contribution in [1.29, 1.82) is 0 Å². The molecule has 1 aliphatic rings. The van der Waals surface area contributed by atoms with Gasteiger partial charge in [0.2, 0.25) is 5.91 Å². The molecule has 1 N–H and O–H groups in total. The van der Waals surface area contributed by atoms with Gasteiger partial charge in [-0.05, 0) is 42.3 Å². The standard InChI is InChI=1S/C21H20F2N2O4/c1-3-12(2)17(25-19(27)15-6-4-5-7-16(15)20(25)28)18(26)24-13-8-10-14(11-9-13)29-21(22)23/h4-12,17,21H,3H2,1-2H3,(H,24,26)/t12-,17-/m0/s1. The molecule has 3 rings (SSSR count). The lowest BCUT2D eigenvalue weighted by molar-refractivity contribution is -0.121. The van der Waals surface area contributed by atoms with E-state index in [1.807, 2.05) is 6.92 Å². The van der Waals surface area contributed by atoms with E-state index in [2.05, 4.69) is 10.1 Å². The Bertz CT molecular complexity index is 896. The molecule has 0 fully saturated rings. The topological polar surface area (TPSA) is 75.7 Å². The van der Waals surface area contributed by atoms with Gasteiger partial charge in [-0.25, -0.2) is 0 Å². The summed E-state index contributed by atoms with van der Waals surface area (Å²) in [5.74, 6) is -1.88. The maximum atomic E-state index is 13.0. The van der Waals surface area contributed by atoms with E-state index in [0.29, 0.717) is 12.1 Å². The molecule has 0 unspecified atom stereocenters. The van der Waals surface area contributed by atoms with Gasteiger partial charge in [-0.15, -0.1) is 0 Å². The van der Waals surface area contributed by atoms with Crippen molar-refractivity contribution in [3.63, 3.8) is 0 Å². The van der Waals surface area contributed by atoms with E-state index in [1.165, 1.54) is 24.3 Å². The van der Waals surface area contributed by atoms with Crippen LogP contribution < -0.4 is 10.1 Å². The molecule has 0 spiro atoms. The second-order valence-electron chi connectivity index (χ2n) is 6.75. The van der Waals surface area contributed by atoms with Gasteiger partial charge >= 0.3 is 6.61 Å². The van der Waals surface area contributed by atoms with Crippen LogP contribution in [-0.2, 0) is 4.79 Å². The van der Waals surface area contributed by atoms with E-state index < -0.39 is 30.4 Å². The summed E-state index contributed by atoms with van der Waals surface area (Å²) in [6.07, 6.45) is 0.562. The molecule has 152 valence electrons. The molecular weight excluding hydrogens is 382 g/mol. The third-order valence-electron chi connectivity index (χ3n) is 4.90. The van der Waals surface area contributed by atoms with Crippen LogP contribution in [0.1, 0.15) is 41.0 Å². The summed E-state index contributed by atoms with van der Waals surface area (Å²) in [6, 6.07) is 10.8. The summed E-state index contributed by atoms with van der Waals surface area (Å²) in [5.41, 5.74) is 0.876. The first-order valence-corrected chi connectivity index (χ1v) is 9.16. The number of ether oxygens (including phenoxy) is 1. The molecular formula is C21H20F2N2O4. The Morgan fingerprint density at radius 2 is 1.59 bits per heavy atom. The molecule has 0 aromatic heterocycles. The van der Waals surface area contributed by atoms with Crippen LogP contribution in [0.2, 0.25) is 0 Å². The zero-order valence-corrected chi connectivity index (χ0v) is 15.9. The fraction of sp³-hybridized carbons (Fsp3) is 0.286. The molecule has 29 heavy (non-hydrogen) atoms. The number of carbonyl (C=O) groups is 3. The van der Waals surface area contributed by atoms with Gasteiger partial charge in [0.05, 0.1) is 11.1 Å². The largest absolute Gasteiger partial charge is 0.435 e. The molecule has 1 aliphatic heterocycles. The smallest absolute Gasteiger partial charge is 0.387 e. The fourth-order valence-electron chi connectivity index (χ4n) is 3.25. The maximum Gasteiger partial charge on any atom is 0.387 e. The number of fused-ring (bicyclic) bond motifs is 1. The number of hydrogen-bond acceptors (Lipinski definition) is 4. The van der Waals surface area contributed by atoms with Crippen molar-refractivity contribution in [1.82, 2.24) is 4.90 Å². The van der Waals surface area contributed by atoms with Crippen LogP contribution in [-0.4, -0.2) is 35.3 Å². The lowest BCUT2D eigenvalue weighted by Crippen LogP contribution is -2.50. The molecule has 0 radical (unpaired) electrons. The minimum absolute atomic E-state index is 0.0446. The number of nitrogens with zero attached hydrogens (tertiary/aromatic N) is 1. The SMILES string of the molecule is CC[C@H](C)[C@@H](C(=O)Nc1ccc(OC(F)F)cc1)N1C(=O)c2ccccc2C1=O. The van der Waals surface area contributed by atoms with Gasteiger partial charge in [0.25, 0.3) is 11.8 Å². The molecule has 0 bridgehead atoms. The summed E-state index contributed by atoms with van der Waals surface area (Å²) in [4.78, 5) is 39.6. The third-order valence-corrected chi connectivity index (χ3v) is 4.90. The van der Waals surface area contributed by atoms with Crippen LogP contribution in [0.5, 0.6) is 5.75 Å². The van der Waals surface area contributed by atoms with Gasteiger partial charge in [-0.3, -0.25) is 19.3 Å². The van der Waals surface area contributed by atoms with Crippen molar-refractivity contribution in [3.05, 3.63) is 59.7 Å². The summed E-state index contributed by atoms with van der Waals surface area (Å²) in [7, 11) is 0.